The Morgan fingerprint density at radius 1 is 1.05 bits per heavy atom. The van der Waals surface area contributed by atoms with Crippen LogP contribution in [0.5, 0.6) is 0 Å². The molecule has 9 N–H and O–H groups in total. The van der Waals surface area contributed by atoms with Crippen molar-refractivity contribution in [3.05, 3.63) is 35.6 Å². The summed E-state index contributed by atoms with van der Waals surface area (Å²) in [6.07, 6.45) is -7.35. The topological polar surface area (TPSA) is 274 Å². The third-order valence-electron chi connectivity index (χ3n) is 6.51. The van der Waals surface area contributed by atoms with Crippen LogP contribution in [-0.2, 0) is 27.2 Å². The van der Waals surface area contributed by atoms with E-state index in [9.17, 15) is 39.3 Å². The smallest absolute Gasteiger partial charge is 0.389 e. The number of hydrogen-bond donors (Lipinski definition) is 8. The number of ether oxygens (including phenoxy) is 1. The number of hydrogen-bond acceptors (Lipinski definition) is 16. The van der Waals surface area contributed by atoms with Crippen molar-refractivity contribution in [2.75, 3.05) is 25.5 Å². The number of aliphatic hydroxyl groups excluding tert-OH is 4. The molecule has 18 nitrogen and oxygen atoms in total. The molecule has 2 aliphatic heterocycles. The highest BCUT2D eigenvalue weighted by Gasteiger charge is 2.47. The molecule has 0 bridgehead atoms. The zero-order valence-corrected chi connectivity index (χ0v) is 25.1. The highest BCUT2D eigenvalue weighted by Crippen LogP contribution is 2.60. The van der Waals surface area contributed by atoms with Crippen LogP contribution in [0.1, 0.15) is 6.23 Å². The van der Waals surface area contributed by atoms with E-state index in [0.29, 0.717) is 9.92 Å². The average Bonchev–Trinajstić information content (AvgIpc) is 3.56. The number of rotatable bonds is 11. The molecular formula is C21H27ClN6O12P2S. The van der Waals surface area contributed by atoms with Crippen LogP contribution in [0, 0.1) is 0 Å². The van der Waals surface area contributed by atoms with Gasteiger partial charge in [-0.1, -0.05) is 23.4 Å². The minimum atomic E-state index is -5.30. The summed E-state index contributed by atoms with van der Waals surface area (Å²) < 4.78 is 45.5. The Morgan fingerprint density at radius 2 is 1.72 bits per heavy atom. The molecule has 0 amide bonds. The first-order valence-corrected chi connectivity index (χ1v) is 16.6. The lowest BCUT2D eigenvalue weighted by Crippen LogP contribution is -2.36. The van der Waals surface area contributed by atoms with Crippen LogP contribution < -0.4 is 11.1 Å². The zero-order valence-electron chi connectivity index (χ0n) is 21.7. The van der Waals surface area contributed by atoms with E-state index in [0.717, 1.165) is 11.8 Å². The molecule has 0 spiro atoms. The normalized spacial score (nSPS) is 30.4. The lowest BCUT2D eigenvalue weighted by Gasteiger charge is -2.21. The number of β-amino-alcohol motifs (C(OH)–C–C–N with tert-alkyl or cyclic N) is 1. The van der Waals surface area contributed by atoms with Gasteiger partial charge in [-0.05, 0) is 24.3 Å². The van der Waals surface area contributed by atoms with Gasteiger partial charge in [-0.15, -0.1) is 0 Å². The van der Waals surface area contributed by atoms with E-state index < -0.39 is 71.6 Å². The van der Waals surface area contributed by atoms with E-state index in [1.165, 1.54) is 10.9 Å². The minimum absolute atomic E-state index is 0.000453. The molecule has 1 aromatic carbocycles. The van der Waals surface area contributed by atoms with Crippen molar-refractivity contribution in [3.8, 4) is 0 Å². The van der Waals surface area contributed by atoms with Gasteiger partial charge in [-0.2, -0.15) is 4.31 Å². The van der Waals surface area contributed by atoms with Crippen molar-refractivity contribution in [1.82, 2.24) is 24.8 Å². The second-order valence-electron chi connectivity index (χ2n) is 9.48. The molecule has 0 radical (unpaired) electrons. The number of anilines is 1. The molecule has 3 aromatic rings. The zero-order chi connectivity index (χ0) is 31.1. The first-order valence-electron chi connectivity index (χ1n) is 12.4. The Hall–Kier alpha value is -1.77. The Balaban J connectivity index is 1.28. The standard InChI is InChI=1S/C21H27ClN6O12P2S/c22-9-1-3-10(4-2-9)43-21-27-14-18(23)25-8-26-19(14)28(21)20-17(32)16(31)13(39-20)7-38-42(35,36)40-41(33,34)37-6-11-15(30)12(29)5-24-11/h1-4,8,11-13,15-17,20,24,29-32H,5-7H2,(H,33,34)(H,35,36)(H2,23,25,26)/t11-,12+,13-,15-,16-,17-,20?/m1/s1. The predicted molar refractivity (Wildman–Crippen MR) is 148 cm³/mol. The number of aromatic nitrogens is 4. The van der Waals surface area contributed by atoms with E-state index in [4.69, 9.17) is 26.6 Å². The number of phosphoric ester groups is 2. The Morgan fingerprint density at radius 3 is 2.37 bits per heavy atom. The number of nitrogens with one attached hydrogen (secondary N) is 1. The molecule has 9 atom stereocenters. The number of phosphoric acid groups is 2. The number of nitrogen functional groups attached to an aromatic ring is 1. The van der Waals surface area contributed by atoms with Crippen molar-refractivity contribution in [3.63, 3.8) is 0 Å². The predicted octanol–water partition coefficient (Wildman–Crippen LogP) is -0.224. The van der Waals surface area contributed by atoms with E-state index >= 15 is 0 Å². The fourth-order valence-corrected chi connectivity index (χ4v) is 7.49. The van der Waals surface area contributed by atoms with Crippen molar-refractivity contribution in [2.45, 2.75) is 52.8 Å². The Kier molecular flexibility index (Phi) is 9.80. The summed E-state index contributed by atoms with van der Waals surface area (Å²) in [6.45, 7) is -1.52. The van der Waals surface area contributed by atoms with Gasteiger partial charge >= 0.3 is 15.6 Å². The number of nitrogens with two attached hydrogens (primary N) is 1. The van der Waals surface area contributed by atoms with Gasteiger partial charge < -0.3 is 46.0 Å². The number of nitrogens with zero attached hydrogens (tertiary/aromatic N) is 4. The molecule has 236 valence electrons. The summed E-state index contributed by atoms with van der Waals surface area (Å²) in [5.41, 5.74) is 6.32. The van der Waals surface area contributed by atoms with Crippen LogP contribution in [0.2, 0.25) is 5.02 Å². The van der Waals surface area contributed by atoms with E-state index in [1.54, 1.807) is 24.3 Å². The molecule has 2 saturated heterocycles. The molecule has 2 aromatic heterocycles. The maximum Gasteiger partial charge on any atom is 0.481 e. The van der Waals surface area contributed by atoms with Gasteiger partial charge in [-0.25, -0.2) is 24.1 Å². The molecule has 2 aliphatic rings. The van der Waals surface area contributed by atoms with Gasteiger partial charge in [0.25, 0.3) is 0 Å². The molecule has 22 heteroatoms. The first-order chi connectivity index (χ1) is 20.2. The average molecular weight is 685 g/mol. The van der Waals surface area contributed by atoms with Crippen LogP contribution >= 0.6 is 39.0 Å². The fraction of sp³-hybridized carbons (Fsp3) is 0.476. The maximum absolute atomic E-state index is 12.4. The van der Waals surface area contributed by atoms with Gasteiger partial charge in [0.15, 0.2) is 28.4 Å². The van der Waals surface area contributed by atoms with E-state index in [-0.39, 0.29) is 28.7 Å². The van der Waals surface area contributed by atoms with Crippen LogP contribution in [0.3, 0.4) is 0 Å². The summed E-state index contributed by atoms with van der Waals surface area (Å²) in [5.74, 6) is 0.0399. The summed E-state index contributed by atoms with van der Waals surface area (Å²) in [5, 5.41) is 44.3. The van der Waals surface area contributed by atoms with E-state index in [2.05, 4.69) is 29.1 Å². The quantitative estimate of drug-likeness (QED) is 0.121. The minimum Gasteiger partial charge on any atom is -0.389 e. The maximum atomic E-state index is 12.4. The largest absolute Gasteiger partial charge is 0.481 e. The van der Waals surface area contributed by atoms with Crippen LogP contribution in [0.25, 0.3) is 11.2 Å². The molecule has 3 unspecified atom stereocenters. The van der Waals surface area contributed by atoms with Crippen LogP contribution in [-0.4, -0.2) is 106 Å². The van der Waals surface area contributed by atoms with Gasteiger partial charge in [-0.3, -0.25) is 13.6 Å². The first kappa shape index (κ1) is 32.6. The van der Waals surface area contributed by atoms with Gasteiger partial charge in [0.2, 0.25) is 0 Å². The summed E-state index contributed by atoms with van der Waals surface area (Å²) in [7, 11) is -10.5. The number of aliphatic hydroxyl groups is 4. The van der Waals surface area contributed by atoms with Gasteiger partial charge in [0.05, 0.1) is 31.5 Å². The Bertz CT molecular complexity index is 1550. The second-order valence-corrected chi connectivity index (χ2v) is 14.0. The lowest BCUT2D eigenvalue weighted by atomic mass is 10.1. The van der Waals surface area contributed by atoms with Gasteiger partial charge in [0, 0.05) is 16.5 Å². The molecule has 4 heterocycles. The number of fused-ring (bicyclic) bond motifs is 1. The lowest BCUT2D eigenvalue weighted by molar-refractivity contribution is -0.0541. The number of imidazole rings is 1. The van der Waals surface area contributed by atoms with E-state index in [1.807, 2.05) is 0 Å². The van der Waals surface area contributed by atoms with Crippen LogP contribution in [0.4, 0.5) is 5.82 Å². The third kappa shape index (κ3) is 7.38. The van der Waals surface area contributed by atoms with Crippen LogP contribution in [0.15, 0.2) is 40.6 Å². The second kappa shape index (κ2) is 12.9. The molecule has 0 aliphatic carbocycles. The Labute approximate surface area is 252 Å². The summed E-state index contributed by atoms with van der Waals surface area (Å²) >= 11 is 7.12. The number of halogens is 1. The van der Waals surface area contributed by atoms with Crippen molar-refractivity contribution < 1.29 is 57.4 Å². The van der Waals surface area contributed by atoms with Gasteiger partial charge in [0.1, 0.15) is 24.6 Å². The molecule has 5 rings (SSSR count). The molecule has 2 fully saturated rings. The van der Waals surface area contributed by atoms with Crippen molar-refractivity contribution in [2.24, 2.45) is 0 Å². The molecule has 43 heavy (non-hydrogen) atoms. The SMILES string of the molecule is Nc1ncnc2c1nc(Sc1ccc(Cl)cc1)n2C1O[C@H](COP(=O)(O)OP(=O)(O)OC[C@H]2NC[C@H](O)[C@@H]2O)[C@@H](O)[C@H]1O. The third-order valence-corrected chi connectivity index (χ3v) is 10.3. The highest BCUT2D eigenvalue weighted by atomic mass is 35.5. The fourth-order valence-electron chi connectivity index (χ4n) is 4.35. The monoisotopic (exact) mass is 684 g/mol. The molecular weight excluding hydrogens is 658 g/mol. The molecule has 0 saturated carbocycles. The summed E-state index contributed by atoms with van der Waals surface area (Å²) in [4.78, 5) is 33.2. The number of benzene rings is 1. The van der Waals surface area contributed by atoms with Crippen molar-refractivity contribution in [1.29, 1.82) is 0 Å². The van der Waals surface area contributed by atoms with Crippen molar-refractivity contribution >= 4 is 56.0 Å². The summed E-state index contributed by atoms with van der Waals surface area (Å²) in [6, 6.07) is 5.83. The highest BCUT2D eigenvalue weighted by molar-refractivity contribution is 7.99.